The Labute approximate surface area is 253 Å². The molecule has 1 aromatic rings. The zero-order valence-electron chi connectivity index (χ0n) is 24.4. The monoisotopic (exact) mass is 623 g/mol. The van der Waals surface area contributed by atoms with Crippen molar-refractivity contribution in [3.63, 3.8) is 0 Å². The van der Waals surface area contributed by atoms with Gasteiger partial charge in [-0.15, -0.1) is 0 Å². The molecule has 0 spiro atoms. The number of carboxylic acids is 1. The van der Waals surface area contributed by atoms with Gasteiger partial charge >= 0.3 is 5.97 Å². The maximum atomic E-state index is 13.1. The van der Waals surface area contributed by atoms with Gasteiger partial charge in [0.2, 0.25) is 29.5 Å². The van der Waals surface area contributed by atoms with E-state index in [9.17, 15) is 44.1 Å². The molecule has 14 N–H and O–H groups in total. The minimum Gasteiger partial charge on any atom is -0.508 e. The Bertz CT molecular complexity index is 1190. The molecule has 0 radical (unpaired) electrons. The van der Waals surface area contributed by atoms with Crippen molar-refractivity contribution in [1.29, 1.82) is 0 Å². The highest BCUT2D eigenvalue weighted by Crippen LogP contribution is 2.12. The van der Waals surface area contributed by atoms with Crippen molar-refractivity contribution >= 4 is 41.5 Å². The third-order valence-corrected chi connectivity index (χ3v) is 5.93. The highest BCUT2D eigenvalue weighted by atomic mass is 16.4. The zero-order valence-corrected chi connectivity index (χ0v) is 24.4. The molecule has 0 heterocycles. The Hall–Kier alpha value is -4.97. The molecule has 0 unspecified atom stereocenters. The van der Waals surface area contributed by atoms with E-state index in [-0.39, 0.29) is 37.5 Å². The third kappa shape index (κ3) is 14.3. The molecule has 5 amide bonds. The van der Waals surface area contributed by atoms with Crippen molar-refractivity contribution in [2.75, 3.05) is 19.6 Å². The van der Waals surface area contributed by atoms with Crippen LogP contribution in [0, 0.1) is 0 Å². The number of hydrogen-bond acceptors (Lipinski definition) is 10. The smallest absolute Gasteiger partial charge is 0.326 e. The lowest BCUT2D eigenvalue weighted by atomic mass is 10.0. The molecule has 1 rings (SSSR count). The summed E-state index contributed by atoms with van der Waals surface area (Å²) in [4.78, 5) is 77.5. The molecule has 0 aromatic heterocycles. The van der Waals surface area contributed by atoms with Gasteiger partial charge in [0.1, 0.15) is 23.9 Å². The maximum absolute atomic E-state index is 13.1. The number of aromatic hydroxyl groups is 1. The summed E-state index contributed by atoms with van der Waals surface area (Å²) in [7, 11) is 0. The second kappa shape index (κ2) is 18.5. The highest BCUT2D eigenvalue weighted by molar-refractivity contribution is 5.94. The summed E-state index contributed by atoms with van der Waals surface area (Å²) < 4.78 is 0. The molecule has 1 aromatic carbocycles. The van der Waals surface area contributed by atoms with E-state index in [1.165, 1.54) is 38.1 Å². The molecule has 0 fully saturated rings. The number of nitrogens with one attached hydrogen (secondary N) is 5. The van der Waals surface area contributed by atoms with Gasteiger partial charge in [-0.1, -0.05) is 12.1 Å². The van der Waals surface area contributed by atoms with Crippen LogP contribution in [0.25, 0.3) is 0 Å². The Morgan fingerprint density at radius 2 is 1.45 bits per heavy atom. The molecule has 0 aliphatic rings. The lowest BCUT2D eigenvalue weighted by molar-refractivity contribution is -0.142. The SMILES string of the molecule is C[C@H](N)C(=O)N[C@H](C(=O)NCC(=O)NCC(=O)N[C@H](Cc1ccc(O)cc1)C(=O)N[C@@H](CCCN=C(N)N)C(=O)O)[C@@H](C)O. The van der Waals surface area contributed by atoms with E-state index in [1.54, 1.807) is 0 Å². The standard InChI is InChI=1S/C26H41N9O9/c1-13(27)22(40)35-21(14(2)36)24(42)32-11-19(38)31-12-20(39)33-18(10-15-5-7-16(37)8-6-15)23(41)34-17(25(43)44)4-3-9-30-26(28)29/h5-8,13-14,17-18,21,36-37H,3-4,9-12,27H2,1-2H3,(H,31,38)(H,32,42)(H,33,39)(H,34,41)(H,35,40)(H,43,44)(H4,28,29,30)/t13-,14+,17-,18+,21-/m0/s1. The number of amides is 5. The second-order valence-electron chi connectivity index (χ2n) is 9.85. The van der Waals surface area contributed by atoms with E-state index in [2.05, 4.69) is 31.6 Å². The van der Waals surface area contributed by atoms with Crippen molar-refractivity contribution in [2.45, 2.75) is 63.4 Å². The van der Waals surface area contributed by atoms with Crippen molar-refractivity contribution in [3.8, 4) is 5.75 Å². The fraction of sp³-hybridized carbons (Fsp3) is 0.500. The number of hydrogen-bond donors (Lipinski definition) is 11. The number of nitrogens with two attached hydrogens (primary N) is 3. The fourth-order valence-electron chi connectivity index (χ4n) is 3.56. The zero-order chi connectivity index (χ0) is 33.4. The quantitative estimate of drug-likeness (QED) is 0.0419. The van der Waals surface area contributed by atoms with Crippen LogP contribution < -0.4 is 43.8 Å². The van der Waals surface area contributed by atoms with E-state index in [0.717, 1.165) is 0 Å². The first-order valence-corrected chi connectivity index (χ1v) is 13.5. The fourth-order valence-corrected chi connectivity index (χ4v) is 3.56. The number of aliphatic hydroxyl groups excluding tert-OH is 1. The van der Waals surface area contributed by atoms with Crippen LogP contribution >= 0.6 is 0 Å². The number of carboxylic acid groups (broad SMARTS) is 1. The van der Waals surface area contributed by atoms with Crippen molar-refractivity contribution in [1.82, 2.24) is 26.6 Å². The topological polar surface area (TPSA) is 314 Å². The van der Waals surface area contributed by atoms with Crippen LogP contribution in [0.1, 0.15) is 32.3 Å². The van der Waals surface area contributed by atoms with E-state index in [1.807, 2.05) is 0 Å². The molecule has 0 aliphatic heterocycles. The Morgan fingerprint density at radius 3 is 2.00 bits per heavy atom. The molecular formula is C26H41N9O9. The van der Waals surface area contributed by atoms with Crippen molar-refractivity contribution in [2.24, 2.45) is 22.2 Å². The minimum absolute atomic E-state index is 0.00957. The van der Waals surface area contributed by atoms with Gasteiger partial charge in [0.25, 0.3) is 0 Å². The molecule has 44 heavy (non-hydrogen) atoms. The molecular weight excluding hydrogens is 582 g/mol. The highest BCUT2D eigenvalue weighted by Gasteiger charge is 2.28. The molecule has 18 heteroatoms. The van der Waals surface area contributed by atoms with E-state index < -0.39 is 78.9 Å². The number of benzene rings is 1. The van der Waals surface area contributed by atoms with Gasteiger partial charge in [0, 0.05) is 13.0 Å². The lowest BCUT2D eigenvalue weighted by Crippen LogP contribution is -2.56. The predicted octanol–water partition coefficient (Wildman–Crippen LogP) is -4.51. The van der Waals surface area contributed by atoms with Crippen LogP contribution in [0.2, 0.25) is 0 Å². The Kier molecular flexibility index (Phi) is 15.6. The minimum atomic E-state index is -1.38. The maximum Gasteiger partial charge on any atom is 0.326 e. The molecule has 18 nitrogen and oxygen atoms in total. The number of aliphatic imine (C=N–C) groups is 1. The summed E-state index contributed by atoms with van der Waals surface area (Å²) in [5.41, 5.74) is 16.5. The van der Waals surface area contributed by atoms with E-state index >= 15 is 0 Å². The number of phenols is 1. The number of guanidine groups is 1. The molecule has 5 atom stereocenters. The number of aliphatic carboxylic acids is 1. The van der Waals surface area contributed by atoms with Crippen LogP contribution in [0.15, 0.2) is 29.3 Å². The van der Waals surface area contributed by atoms with Gasteiger partial charge in [-0.3, -0.25) is 29.0 Å². The average molecular weight is 624 g/mol. The summed E-state index contributed by atoms with van der Waals surface area (Å²) in [6.07, 6.45) is -1.16. The Morgan fingerprint density at radius 1 is 0.841 bits per heavy atom. The first-order valence-electron chi connectivity index (χ1n) is 13.5. The number of carbonyl (C=O) groups is 6. The second-order valence-corrected chi connectivity index (χ2v) is 9.85. The predicted molar refractivity (Wildman–Crippen MR) is 156 cm³/mol. The first kappa shape index (κ1) is 37.1. The molecule has 244 valence electrons. The number of carbonyl (C=O) groups excluding carboxylic acids is 5. The number of nitrogens with zero attached hydrogens (tertiary/aromatic N) is 1. The van der Waals surface area contributed by atoms with Gasteiger partial charge in [-0.05, 0) is 44.4 Å². The number of rotatable bonds is 18. The van der Waals surface area contributed by atoms with Crippen LogP contribution in [0.5, 0.6) is 5.75 Å². The van der Waals surface area contributed by atoms with Crippen LogP contribution in [-0.2, 0) is 35.2 Å². The van der Waals surface area contributed by atoms with Gasteiger partial charge in [-0.2, -0.15) is 0 Å². The third-order valence-electron chi connectivity index (χ3n) is 5.93. The average Bonchev–Trinajstić information content (AvgIpc) is 2.94. The van der Waals surface area contributed by atoms with Crippen LogP contribution in [0.3, 0.4) is 0 Å². The van der Waals surface area contributed by atoms with Crippen molar-refractivity contribution < 1.29 is 44.1 Å². The summed E-state index contributed by atoms with van der Waals surface area (Å²) in [6, 6.07) is 0.830. The van der Waals surface area contributed by atoms with Crippen LogP contribution in [0.4, 0.5) is 0 Å². The molecule has 0 saturated heterocycles. The number of aliphatic hydroxyl groups is 1. The first-order chi connectivity index (χ1) is 20.6. The van der Waals surface area contributed by atoms with Crippen molar-refractivity contribution in [3.05, 3.63) is 29.8 Å². The van der Waals surface area contributed by atoms with Crippen LogP contribution in [-0.4, -0.2) is 107 Å². The summed E-state index contributed by atoms with van der Waals surface area (Å²) >= 11 is 0. The van der Waals surface area contributed by atoms with Gasteiger partial charge in [0.05, 0.1) is 25.2 Å². The summed E-state index contributed by atoms with van der Waals surface area (Å²) in [5.74, 6) is -5.52. The van der Waals surface area contributed by atoms with E-state index in [4.69, 9.17) is 17.2 Å². The number of phenolic OH excluding ortho intramolecular Hbond substituents is 1. The molecule has 0 bridgehead atoms. The molecule has 0 aliphatic carbocycles. The van der Waals surface area contributed by atoms with E-state index in [0.29, 0.717) is 5.56 Å². The Balaban J connectivity index is 2.82. The van der Waals surface area contributed by atoms with Gasteiger partial charge in [0.15, 0.2) is 5.96 Å². The normalized spacial score (nSPS) is 14.0. The molecule has 0 saturated carbocycles. The van der Waals surface area contributed by atoms with Gasteiger partial charge in [-0.25, -0.2) is 4.79 Å². The summed E-state index contributed by atoms with van der Waals surface area (Å²) in [5, 5.41) is 40.4. The summed E-state index contributed by atoms with van der Waals surface area (Å²) in [6.45, 7) is 1.55. The van der Waals surface area contributed by atoms with Gasteiger partial charge < -0.3 is 59.1 Å². The lowest BCUT2D eigenvalue weighted by Gasteiger charge is -2.22. The largest absolute Gasteiger partial charge is 0.508 e.